The number of ether oxygens (including phenoxy) is 1. The summed E-state index contributed by atoms with van der Waals surface area (Å²) in [4.78, 5) is 13.1. The van der Waals surface area contributed by atoms with E-state index in [-0.39, 0.29) is 5.91 Å². The molecule has 3 aromatic carbocycles. The first-order valence-electron chi connectivity index (χ1n) is 9.98. The summed E-state index contributed by atoms with van der Waals surface area (Å²) >= 11 is 0. The summed E-state index contributed by atoms with van der Waals surface area (Å²) in [6.07, 6.45) is 1.59. The van der Waals surface area contributed by atoms with Crippen LogP contribution < -0.4 is 10.1 Å². The molecule has 0 atom stereocenters. The Balaban J connectivity index is 1.52. The number of nitrogens with one attached hydrogen (secondary N) is 1. The van der Waals surface area contributed by atoms with Crippen molar-refractivity contribution >= 4 is 33.5 Å². The molecule has 2 heterocycles. The van der Waals surface area contributed by atoms with E-state index in [0.717, 1.165) is 33.3 Å². The zero-order valence-electron chi connectivity index (χ0n) is 17.5. The van der Waals surface area contributed by atoms with Gasteiger partial charge in [-0.1, -0.05) is 36.4 Å². The van der Waals surface area contributed by atoms with Crippen LogP contribution in [0.4, 0.5) is 5.69 Å². The summed E-state index contributed by atoms with van der Waals surface area (Å²) in [5.41, 5.74) is 5.30. The number of para-hydroxylation sites is 2. The lowest BCUT2D eigenvalue weighted by Gasteiger charge is -2.11. The molecular weight excluding hydrogens is 390 g/mol. The lowest BCUT2D eigenvalue weighted by Crippen LogP contribution is -2.14. The van der Waals surface area contributed by atoms with Gasteiger partial charge in [0.25, 0.3) is 5.91 Å². The van der Waals surface area contributed by atoms with Crippen LogP contribution in [0.15, 0.2) is 71.3 Å². The fourth-order valence-electron chi connectivity index (χ4n) is 3.88. The first-order chi connectivity index (χ1) is 15.1. The first kappa shape index (κ1) is 18.9. The van der Waals surface area contributed by atoms with Crippen molar-refractivity contribution in [1.29, 1.82) is 0 Å². The summed E-state index contributed by atoms with van der Waals surface area (Å²) in [7, 11) is 1.58. The molecule has 0 spiro atoms. The Labute approximate surface area is 179 Å². The summed E-state index contributed by atoms with van der Waals surface area (Å²) in [6, 6.07) is 19.4. The van der Waals surface area contributed by atoms with Gasteiger partial charge in [-0.25, -0.2) is 4.68 Å². The van der Waals surface area contributed by atoms with Crippen LogP contribution in [-0.2, 0) is 0 Å². The van der Waals surface area contributed by atoms with Gasteiger partial charge in [0.05, 0.1) is 35.9 Å². The second-order valence-corrected chi connectivity index (χ2v) is 7.44. The van der Waals surface area contributed by atoms with Crippen molar-refractivity contribution in [3.05, 3.63) is 83.7 Å². The minimum atomic E-state index is -0.258. The summed E-state index contributed by atoms with van der Waals surface area (Å²) in [5, 5.41) is 9.34. The maximum absolute atomic E-state index is 13.1. The third kappa shape index (κ3) is 3.13. The van der Waals surface area contributed by atoms with Gasteiger partial charge in [0, 0.05) is 16.8 Å². The van der Waals surface area contributed by atoms with Crippen LogP contribution in [0.1, 0.15) is 21.6 Å². The zero-order valence-corrected chi connectivity index (χ0v) is 17.5. The number of rotatable bonds is 4. The van der Waals surface area contributed by atoms with E-state index in [1.165, 1.54) is 0 Å². The molecule has 0 aliphatic heterocycles. The van der Waals surface area contributed by atoms with E-state index in [0.29, 0.717) is 22.6 Å². The largest absolute Gasteiger partial charge is 0.495 e. The van der Waals surface area contributed by atoms with E-state index in [4.69, 9.17) is 9.15 Å². The van der Waals surface area contributed by atoms with Crippen molar-refractivity contribution in [3.8, 4) is 11.4 Å². The Morgan fingerprint density at radius 2 is 1.77 bits per heavy atom. The molecule has 0 radical (unpaired) electrons. The molecule has 0 unspecified atom stereocenters. The van der Waals surface area contributed by atoms with Gasteiger partial charge in [0.2, 0.25) is 0 Å². The molecule has 2 aromatic heterocycles. The maximum Gasteiger partial charge on any atom is 0.259 e. The van der Waals surface area contributed by atoms with Crippen LogP contribution >= 0.6 is 0 Å². The molecule has 0 aliphatic carbocycles. The molecule has 5 aromatic rings. The zero-order chi connectivity index (χ0) is 21.5. The normalized spacial score (nSPS) is 11.2. The Hall–Kier alpha value is -4.06. The molecule has 1 amide bonds. The lowest BCUT2D eigenvalue weighted by molar-refractivity contribution is 0.102. The van der Waals surface area contributed by atoms with E-state index >= 15 is 0 Å². The highest BCUT2D eigenvalue weighted by molar-refractivity contribution is 6.10. The van der Waals surface area contributed by atoms with Crippen LogP contribution in [-0.4, -0.2) is 22.8 Å². The number of carbonyl (C=O) groups excluding carboxylic acids is 1. The first-order valence-corrected chi connectivity index (χ1v) is 9.98. The van der Waals surface area contributed by atoms with Gasteiger partial charge in [-0.2, -0.15) is 5.10 Å². The SMILES string of the molecule is COc1cc2c(cc1NC(=O)c1cnn(-c3ccccc3C)c1C)oc1ccccc12. The molecule has 0 saturated heterocycles. The van der Waals surface area contributed by atoms with Gasteiger partial charge in [-0.15, -0.1) is 0 Å². The number of amides is 1. The highest BCUT2D eigenvalue weighted by Gasteiger charge is 2.19. The standard InChI is InChI=1S/C25H21N3O3/c1-15-8-4-6-10-21(15)28-16(2)19(14-26-28)25(29)27-20-13-23-18(12-24(20)30-3)17-9-5-7-11-22(17)31-23/h4-14H,1-3H3,(H,27,29). The van der Waals surface area contributed by atoms with Crippen LogP contribution in [0.5, 0.6) is 5.75 Å². The molecule has 6 heteroatoms. The molecule has 0 fully saturated rings. The Bertz CT molecular complexity index is 1450. The Morgan fingerprint density at radius 1 is 1.00 bits per heavy atom. The third-order valence-electron chi connectivity index (χ3n) is 5.55. The predicted molar refractivity (Wildman–Crippen MR) is 121 cm³/mol. The monoisotopic (exact) mass is 411 g/mol. The summed E-state index contributed by atoms with van der Waals surface area (Å²) in [6.45, 7) is 3.90. The fourth-order valence-corrected chi connectivity index (χ4v) is 3.88. The predicted octanol–water partition coefficient (Wildman–Crippen LogP) is 5.65. The van der Waals surface area contributed by atoms with Gasteiger partial charge in [0.1, 0.15) is 16.9 Å². The number of hydrogen-bond acceptors (Lipinski definition) is 4. The fraction of sp³-hybridized carbons (Fsp3) is 0.120. The van der Waals surface area contributed by atoms with Crippen molar-refractivity contribution in [2.24, 2.45) is 0 Å². The second kappa shape index (κ2) is 7.32. The van der Waals surface area contributed by atoms with Crippen molar-refractivity contribution < 1.29 is 13.9 Å². The topological polar surface area (TPSA) is 69.3 Å². The van der Waals surface area contributed by atoms with Crippen molar-refractivity contribution in [1.82, 2.24) is 9.78 Å². The van der Waals surface area contributed by atoms with Gasteiger partial charge < -0.3 is 14.5 Å². The van der Waals surface area contributed by atoms with Gasteiger partial charge in [-0.3, -0.25) is 4.79 Å². The van der Waals surface area contributed by atoms with E-state index in [9.17, 15) is 4.79 Å². The van der Waals surface area contributed by atoms with E-state index in [1.54, 1.807) is 24.1 Å². The molecule has 0 bridgehead atoms. The molecule has 154 valence electrons. The maximum atomic E-state index is 13.1. The number of aromatic nitrogens is 2. The lowest BCUT2D eigenvalue weighted by atomic mass is 10.1. The highest BCUT2D eigenvalue weighted by Crippen LogP contribution is 2.36. The van der Waals surface area contributed by atoms with Crippen LogP contribution in [0, 0.1) is 13.8 Å². The summed E-state index contributed by atoms with van der Waals surface area (Å²) in [5.74, 6) is 0.308. The third-order valence-corrected chi connectivity index (χ3v) is 5.55. The minimum Gasteiger partial charge on any atom is -0.495 e. The highest BCUT2D eigenvalue weighted by atomic mass is 16.5. The number of hydrogen-bond donors (Lipinski definition) is 1. The van der Waals surface area contributed by atoms with E-state index in [2.05, 4.69) is 10.4 Å². The smallest absolute Gasteiger partial charge is 0.259 e. The van der Waals surface area contributed by atoms with Crippen LogP contribution in [0.2, 0.25) is 0 Å². The molecule has 0 aliphatic rings. The van der Waals surface area contributed by atoms with Crippen molar-refractivity contribution in [3.63, 3.8) is 0 Å². The average molecular weight is 411 g/mol. The quantitative estimate of drug-likeness (QED) is 0.415. The molecule has 31 heavy (non-hydrogen) atoms. The van der Waals surface area contributed by atoms with Gasteiger partial charge >= 0.3 is 0 Å². The number of furan rings is 1. The second-order valence-electron chi connectivity index (χ2n) is 7.44. The molecule has 0 saturated carbocycles. The average Bonchev–Trinajstić information content (AvgIpc) is 3.33. The number of carbonyl (C=O) groups is 1. The van der Waals surface area contributed by atoms with E-state index in [1.807, 2.05) is 68.4 Å². The Kier molecular flexibility index (Phi) is 4.47. The molecule has 1 N–H and O–H groups in total. The molecular formula is C25H21N3O3. The number of fused-ring (bicyclic) bond motifs is 3. The molecule has 6 nitrogen and oxygen atoms in total. The Morgan fingerprint density at radius 3 is 2.58 bits per heavy atom. The number of nitrogens with zero attached hydrogens (tertiary/aromatic N) is 2. The number of methoxy groups -OCH3 is 1. The number of anilines is 1. The number of aryl methyl sites for hydroxylation is 1. The molecule has 5 rings (SSSR count). The minimum absolute atomic E-state index is 0.258. The van der Waals surface area contributed by atoms with E-state index < -0.39 is 0 Å². The van der Waals surface area contributed by atoms with Crippen LogP contribution in [0.3, 0.4) is 0 Å². The van der Waals surface area contributed by atoms with Gasteiger partial charge in [0.15, 0.2) is 0 Å². The van der Waals surface area contributed by atoms with Gasteiger partial charge in [-0.05, 0) is 37.6 Å². The number of benzene rings is 3. The summed E-state index contributed by atoms with van der Waals surface area (Å²) < 4.78 is 13.3. The van der Waals surface area contributed by atoms with Crippen LogP contribution in [0.25, 0.3) is 27.6 Å². The van der Waals surface area contributed by atoms with Crippen molar-refractivity contribution in [2.75, 3.05) is 12.4 Å². The van der Waals surface area contributed by atoms with Crippen molar-refractivity contribution in [2.45, 2.75) is 13.8 Å².